The molecule has 116 valence electrons. The van der Waals surface area contributed by atoms with Crippen molar-refractivity contribution in [2.75, 3.05) is 16.8 Å². The summed E-state index contributed by atoms with van der Waals surface area (Å²) >= 11 is 0. The first-order chi connectivity index (χ1) is 11.0. The molecule has 1 amide bonds. The van der Waals surface area contributed by atoms with Crippen LogP contribution in [0.1, 0.15) is 12.1 Å². The van der Waals surface area contributed by atoms with Gasteiger partial charge in [0.05, 0.1) is 0 Å². The summed E-state index contributed by atoms with van der Waals surface area (Å²) in [7, 11) is 0. The number of anilines is 3. The van der Waals surface area contributed by atoms with Crippen LogP contribution in [0.3, 0.4) is 0 Å². The molecule has 2 N–H and O–H groups in total. The van der Waals surface area contributed by atoms with E-state index in [-0.39, 0.29) is 13.0 Å². The van der Waals surface area contributed by atoms with Gasteiger partial charge < -0.3 is 15.3 Å². The van der Waals surface area contributed by atoms with E-state index >= 15 is 0 Å². The molecule has 1 saturated heterocycles. The zero-order chi connectivity index (χ0) is 16.4. The second-order valence-corrected chi connectivity index (χ2v) is 5.25. The topological polar surface area (TPSA) is 115 Å². The van der Waals surface area contributed by atoms with Crippen LogP contribution in [-0.2, 0) is 4.79 Å². The number of aliphatic hydroxyl groups is 1. The van der Waals surface area contributed by atoms with Crippen molar-refractivity contribution < 1.29 is 9.90 Å². The Hall–Kier alpha value is -3.05. The molecule has 0 spiro atoms. The zero-order valence-corrected chi connectivity index (χ0v) is 12.4. The van der Waals surface area contributed by atoms with Crippen LogP contribution >= 0.6 is 0 Å². The van der Waals surface area contributed by atoms with Gasteiger partial charge in [0.2, 0.25) is 5.60 Å². The van der Waals surface area contributed by atoms with Crippen molar-refractivity contribution in [1.29, 1.82) is 5.26 Å². The molecule has 0 unspecified atom stereocenters. The van der Waals surface area contributed by atoms with Gasteiger partial charge in [-0.25, -0.2) is 15.0 Å². The van der Waals surface area contributed by atoms with Gasteiger partial charge in [0.1, 0.15) is 24.0 Å². The monoisotopic (exact) mass is 310 g/mol. The van der Waals surface area contributed by atoms with Crippen LogP contribution in [0.15, 0.2) is 30.7 Å². The molecule has 1 atom stereocenters. The van der Waals surface area contributed by atoms with Crippen molar-refractivity contribution in [3.05, 3.63) is 36.4 Å². The SMILES string of the molecule is Cc1cc(Nc2cc(N3CC[C@](O)(C#N)C3=O)ccn2)ncn1. The molecule has 0 radical (unpaired) electrons. The highest BCUT2D eigenvalue weighted by Gasteiger charge is 2.46. The second-order valence-electron chi connectivity index (χ2n) is 5.25. The fourth-order valence-corrected chi connectivity index (χ4v) is 2.37. The van der Waals surface area contributed by atoms with Crippen molar-refractivity contribution >= 4 is 23.2 Å². The van der Waals surface area contributed by atoms with Crippen molar-refractivity contribution in [2.24, 2.45) is 0 Å². The molecule has 0 aliphatic carbocycles. The molecule has 0 bridgehead atoms. The zero-order valence-electron chi connectivity index (χ0n) is 12.4. The summed E-state index contributed by atoms with van der Waals surface area (Å²) in [5, 5.41) is 21.9. The molecule has 1 aliphatic rings. The third kappa shape index (κ3) is 2.82. The predicted molar refractivity (Wildman–Crippen MR) is 81.8 cm³/mol. The number of amides is 1. The van der Waals surface area contributed by atoms with Crippen LogP contribution in [-0.4, -0.2) is 38.1 Å². The fourth-order valence-electron chi connectivity index (χ4n) is 2.37. The van der Waals surface area contributed by atoms with Crippen molar-refractivity contribution in [2.45, 2.75) is 18.9 Å². The number of hydrogen-bond acceptors (Lipinski definition) is 7. The van der Waals surface area contributed by atoms with Gasteiger partial charge in [-0.2, -0.15) is 5.26 Å². The number of aromatic nitrogens is 3. The average molecular weight is 310 g/mol. The molecular formula is C15H14N6O2. The number of nitrogens with one attached hydrogen (secondary N) is 1. The minimum Gasteiger partial charge on any atom is -0.368 e. The van der Waals surface area contributed by atoms with Gasteiger partial charge in [0, 0.05) is 42.7 Å². The Kier molecular flexibility index (Phi) is 3.64. The van der Waals surface area contributed by atoms with Crippen LogP contribution in [0.5, 0.6) is 0 Å². The van der Waals surface area contributed by atoms with Gasteiger partial charge in [-0.05, 0) is 13.0 Å². The van der Waals surface area contributed by atoms with E-state index in [2.05, 4.69) is 20.3 Å². The Bertz CT molecular complexity index is 803. The van der Waals surface area contributed by atoms with E-state index in [4.69, 9.17) is 5.26 Å². The predicted octanol–water partition coefficient (Wildman–Crippen LogP) is 0.915. The molecule has 23 heavy (non-hydrogen) atoms. The minimum absolute atomic E-state index is 0.0819. The maximum Gasteiger partial charge on any atom is 0.273 e. The van der Waals surface area contributed by atoms with E-state index in [1.807, 2.05) is 6.92 Å². The van der Waals surface area contributed by atoms with Gasteiger partial charge in [-0.15, -0.1) is 0 Å². The van der Waals surface area contributed by atoms with Gasteiger partial charge >= 0.3 is 0 Å². The highest BCUT2D eigenvalue weighted by molar-refractivity contribution is 6.03. The van der Waals surface area contributed by atoms with Crippen LogP contribution < -0.4 is 10.2 Å². The minimum atomic E-state index is -1.94. The standard InChI is InChI=1S/C15H14N6O2/c1-10-6-12(19-9-18-10)20-13-7-11(2-4-17-13)21-5-3-15(23,8-16)14(21)22/h2,4,6-7,9,23H,3,5H2,1H3,(H,17,18,19,20)/t15-/m0/s1. The van der Waals surface area contributed by atoms with E-state index in [0.29, 0.717) is 17.3 Å². The van der Waals surface area contributed by atoms with Crippen molar-refractivity contribution in [1.82, 2.24) is 15.0 Å². The lowest BCUT2D eigenvalue weighted by molar-refractivity contribution is -0.128. The van der Waals surface area contributed by atoms with Crippen molar-refractivity contribution in [3.8, 4) is 6.07 Å². The summed E-state index contributed by atoms with van der Waals surface area (Å²) in [6.45, 7) is 2.13. The van der Waals surface area contributed by atoms with E-state index in [1.54, 1.807) is 30.5 Å². The Labute approximate surface area is 132 Å². The van der Waals surface area contributed by atoms with E-state index in [9.17, 15) is 9.90 Å². The average Bonchev–Trinajstić information content (AvgIpc) is 2.84. The molecule has 3 heterocycles. The van der Waals surface area contributed by atoms with Crippen LogP contribution in [0, 0.1) is 18.3 Å². The van der Waals surface area contributed by atoms with E-state index in [1.165, 1.54) is 11.2 Å². The largest absolute Gasteiger partial charge is 0.368 e. The first kappa shape index (κ1) is 14.9. The highest BCUT2D eigenvalue weighted by Crippen LogP contribution is 2.29. The normalized spacial score (nSPS) is 20.4. The molecule has 1 aliphatic heterocycles. The number of carbonyl (C=O) groups excluding carboxylic acids is 1. The van der Waals surface area contributed by atoms with E-state index < -0.39 is 11.5 Å². The summed E-state index contributed by atoms with van der Waals surface area (Å²) < 4.78 is 0. The number of rotatable bonds is 3. The Morgan fingerprint density at radius 3 is 2.83 bits per heavy atom. The third-order valence-corrected chi connectivity index (χ3v) is 3.60. The third-order valence-electron chi connectivity index (χ3n) is 3.60. The molecule has 3 rings (SSSR count). The van der Waals surface area contributed by atoms with Gasteiger partial charge in [0.15, 0.2) is 0 Å². The summed E-state index contributed by atoms with van der Waals surface area (Å²) in [4.78, 5) is 25.8. The first-order valence-electron chi connectivity index (χ1n) is 6.99. The summed E-state index contributed by atoms with van der Waals surface area (Å²) in [6.07, 6.45) is 3.07. The first-order valence-corrected chi connectivity index (χ1v) is 6.99. The fraction of sp³-hybridized carbons (Fsp3) is 0.267. The Balaban J connectivity index is 1.84. The van der Waals surface area contributed by atoms with Gasteiger partial charge in [-0.1, -0.05) is 0 Å². The molecule has 0 saturated carbocycles. The van der Waals surface area contributed by atoms with Crippen LogP contribution in [0.2, 0.25) is 0 Å². The van der Waals surface area contributed by atoms with Crippen LogP contribution in [0.25, 0.3) is 0 Å². The summed E-state index contributed by atoms with van der Waals surface area (Å²) in [5.41, 5.74) is -0.572. The number of carbonyl (C=O) groups is 1. The molecular weight excluding hydrogens is 296 g/mol. The number of hydrogen-bond donors (Lipinski definition) is 2. The van der Waals surface area contributed by atoms with Crippen LogP contribution in [0.4, 0.5) is 17.3 Å². The van der Waals surface area contributed by atoms with Gasteiger partial charge in [-0.3, -0.25) is 4.79 Å². The Morgan fingerprint density at radius 1 is 1.35 bits per heavy atom. The molecule has 8 heteroatoms. The summed E-state index contributed by atoms with van der Waals surface area (Å²) in [5.74, 6) is 0.472. The Morgan fingerprint density at radius 2 is 2.13 bits per heavy atom. The number of aryl methyl sites for hydroxylation is 1. The molecule has 2 aromatic heterocycles. The lowest BCUT2D eigenvalue weighted by atomic mass is 10.1. The lowest BCUT2D eigenvalue weighted by Gasteiger charge is -2.18. The maximum absolute atomic E-state index is 12.2. The number of pyridine rings is 1. The maximum atomic E-state index is 12.2. The van der Waals surface area contributed by atoms with E-state index in [0.717, 1.165) is 5.69 Å². The molecule has 2 aromatic rings. The van der Waals surface area contributed by atoms with Gasteiger partial charge in [0.25, 0.3) is 5.91 Å². The quantitative estimate of drug-likeness (QED) is 0.810. The smallest absolute Gasteiger partial charge is 0.273 e. The number of nitrogens with zero attached hydrogens (tertiary/aromatic N) is 5. The summed E-state index contributed by atoms with van der Waals surface area (Å²) in [6, 6.07) is 6.75. The molecule has 0 aromatic carbocycles. The second kappa shape index (κ2) is 5.62. The molecule has 8 nitrogen and oxygen atoms in total. The van der Waals surface area contributed by atoms with Crippen molar-refractivity contribution in [3.63, 3.8) is 0 Å². The number of nitriles is 1. The highest BCUT2D eigenvalue weighted by atomic mass is 16.3. The lowest BCUT2D eigenvalue weighted by Crippen LogP contribution is -2.38. The molecule has 1 fully saturated rings.